The number of rotatable bonds is 8. The molecule has 0 saturated heterocycles. The molecule has 2 N–H and O–H groups in total. The van der Waals surface area contributed by atoms with E-state index in [2.05, 4.69) is 10.6 Å². The summed E-state index contributed by atoms with van der Waals surface area (Å²) >= 11 is 2.76. The number of aryl methyl sites for hydroxylation is 1. The van der Waals surface area contributed by atoms with Crippen molar-refractivity contribution in [2.24, 2.45) is 0 Å². The van der Waals surface area contributed by atoms with Gasteiger partial charge in [-0.05, 0) is 48.8 Å². The van der Waals surface area contributed by atoms with Crippen LogP contribution in [-0.2, 0) is 27.1 Å². The summed E-state index contributed by atoms with van der Waals surface area (Å²) in [5.74, 6) is -1.23. The van der Waals surface area contributed by atoms with Crippen LogP contribution in [-0.4, -0.2) is 44.7 Å². The lowest BCUT2D eigenvalue weighted by Crippen LogP contribution is -2.29. The van der Waals surface area contributed by atoms with Gasteiger partial charge < -0.3 is 20.1 Å². The van der Waals surface area contributed by atoms with Crippen molar-refractivity contribution in [2.45, 2.75) is 25.7 Å². The summed E-state index contributed by atoms with van der Waals surface area (Å²) in [6.45, 7) is 0.383. The Morgan fingerprint density at radius 2 is 1.91 bits per heavy atom. The molecule has 0 fully saturated rings. The lowest BCUT2D eigenvalue weighted by atomic mass is 9.95. The summed E-state index contributed by atoms with van der Waals surface area (Å²) in [4.78, 5) is 39.3. The number of hydrogen-bond acceptors (Lipinski definition) is 7. The molecule has 3 aromatic rings. The molecule has 32 heavy (non-hydrogen) atoms. The fourth-order valence-electron chi connectivity index (χ4n) is 3.70. The number of benzene rings is 1. The lowest BCUT2D eigenvalue weighted by Gasteiger charge is -2.13. The van der Waals surface area contributed by atoms with E-state index in [4.69, 9.17) is 9.47 Å². The van der Waals surface area contributed by atoms with Crippen molar-refractivity contribution in [1.29, 1.82) is 0 Å². The molecule has 0 aliphatic heterocycles. The molecule has 1 aliphatic carbocycles. The number of carbonyl (C=O) groups excluding carboxylic acids is 3. The number of carbonyl (C=O) groups is 3. The Hall–Kier alpha value is -2.75. The molecule has 2 heterocycles. The van der Waals surface area contributed by atoms with E-state index >= 15 is 0 Å². The van der Waals surface area contributed by atoms with Crippen LogP contribution in [0.5, 0.6) is 0 Å². The number of esters is 1. The zero-order valence-electron chi connectivity index (χ0n) is 17.7. The molecule has 1 aromatic carbocycles. The third-order valence-corrected chi connectivity index (χ3v) is 7.51. The van der Waals surface area contributed by atoms with Crippen LogP contribution >= 0.6 is 22.7 Å². The minimum Gasteiger partial charge on any atom is -0.451 e. The minimum absolute atomic E-state index is 0.223. The van der Waals surface area contributed by atoms with Gasteiger partial charge in [0.1, 0.15) is 9.88 Å². The van der Waals surface area contributed by atoms with E-state index in [-0.39, 0.29) is 5.91 Å². The Labute approximate surface area is 193 Å². The van der Waals surface area contributed by atoms with E-state index in [1.165, 1.54) is 22.7 Å². The largest absolute Gasteiger partial charge is 0.451 e. The zero-order valence-corrected chi connectivity index (χ0v) is 19.3. The van der Waals surface area contributed by atoms with Gasteiger partial charge in [0.15, 0.2) is 6.61 Å². The van der Waals surface area contributed by atoms with Gasteiger partial charge in [0.2, 0.25) is 0 Å². The van der Waals surface area contributed by atoms with E-state index < -0.39 is 18.5 Å². The summed E-state index contributed by atoms with van der Waals surface area (Å²) < 4.78 is 11.2. The number of fused-ring (bicyclic) bond motifs is 2. The number of amides is 2. The number of hydrogen-bond donors (Lipinski definition) is 2. The number of thiophene rings is 2. The fraction of sp³-hybridized carbons (Fsp3) is 0.348. The lowest BCUT2D eigenvalue weighted by molar-refractivity contribution is -0.119. The van der Waals surface area contributed by atoms with Crippen molar-refractivity contribution in [1.82, 2.24) is 5.32 Å². The molecule has 0 radical (unpaired) electrons. The molecule has 9 heteroatoms. The predicted molar refractivity (Wildman–Crippen MR) is 126 cm³/mol. The normalized spacial score (nSPS) is 12.9. The van der Waals surface area contributed by atoms with Crippen molar-refractivity contribution in [2.75, 3.05) is 32.2 Å². The maximum absolute atomic E-state index is 12.8. The summed E-state index contributed by atoms with van der Waals surface area (Å²) in [6.07, 6.45) is 3.80. The maximum atomic E-state index is 12.8. The van der Waals surface area contributed by atoms with E-state index in [1.54, 1.807) is 13.2 Å². The summed E-state index contributed by atoms with van der Waals surface area (Å²) in [7, 11) is 1.57. The zero-order chi connectivity index (χ0) is 22.5. The second kappa shape index (κ2) is 10.2. The topological polar surface area (TPSA) is 93.7 Å². The van der Waals surface area contributed by atoms with Crippen LogP contribution in [0.25, 0.3) is 10.1 Å². The molecule has 0 atom stereocenters. The van der Waals surface area contributed by atoms with E-state index in [0.29, 0.717) is 28.6 Å². The summed E-state index contributed by atoms with van der Waals surface area (Å²) in [6, 6.07) is 9.43. The van der Waals surface area contributed by atoms with Crippen molar-refractivity contribution in [3.63, 3.8) is 0 Å². The van der Waals surface area contributed by atoms with Gasteiger partial charge in [-0.1, -0.05) is 18.2 Å². The van der Waals surface area contributed by atoms with Gasteiger partial charge >= 0.3 is 5.97 Å². The van der Waals surface area contributed by atoms with E-state index in [1.807, 2.05) is 24.3 Å². The van der Waals surface area contributed by atoms with E-state index in [9.17, 15) is 14.4 Å². The molecule has 2 amide bonds. The van der Waals surface area contributed by atoms with Crippen LogP contribution in [0, 0.1) is 0 Å². The molecule has 7 nitrogen and oxygen atoms in total. The molecule has 4 rings (SSSR count). The first-order valence-electron chi connectivity index (χ1n) is 10.4. The van der Waals surface area contributed by atoms with Crippen molar-refractivity contribution in [3.8, 4) is 0 Å². The molecular formula is C23H24N2O5S2. The first-order valence-corrected chi connectivity index (χ1v) is 12.1. The molecule has 1 aliphatic rings. The molecular weight excluding hydrogens is 448 g/mol. The average molecular weight is 473 g/mol. The first-order chi connectivity index (χ1) is 15.6. The molecule has 0 unspecified atom stereocenters. The highest BCUT2D eigenvalue weighted by Crippen LogP contribution is 2.38. The van der Waals surface area contributed by atoms with Gasteiger partial charge in [-0.25, -0.2) is 4.79 Å². The number of methoxy groups -OCH3 is 1. The van der Waals surface area contributed by atoms with Crippen LogP contribution in [0.3, 0.4) is 0 Å². The third-order valence-electron chi connectivity index (χ3n) is 5.20. The van der Waals surface area contributed by atoms with Crippen LogP contribution in [0.2, 0.25) is 0 Å². The Balaban J connectivity index is 1.42. The second-order valence-corrected chi connectivity index (χ2v) is 9.63. The first kappa shape index (κ1) is 22.4. The predicted octanol–water partition coefficient (Wildman–Crippen LogP) is 4.01. The maximum Gasteiger partial charge on any atom is 0.348 e. The molecule has 0 spiro atoms. The Kier molecular flexibility index (Phi) is 7.19. The highest BCUT2D eigenvalue weighted by Gasteiger charge is 2.26. The van der Waals surface area contributed by atoms with Crippen LogP contribution in [0.1, 0.15) is 43.3 Å². The average Bonchev–Trinajstić information content (AvgIpc) is 3.38. The quantitative estimate of drug-likeness (QED) is 0.382. The van der Waals surface area contributed by atoms with Gasteiger partial charge in [0.05, 0.1) is 12.2 Å². The van der Waals surface area contributed by atoms with Gasteiger partial charge in [-0.15, -0.1) is 22.7 Å². The Bertz CT molecular complexity index is 1120. The van der Waals surface area contributed by atoms with Crippen molar-refractivity contribution in [3.05, 3.63) is 51.2 Å². The Morgan fingerprint density at radius 1 is 1.09 bits per heavy atom. The highest BCUT2D eigenvalue weighted by atomic mass is 32.1. The number of ether oxygens (including phenoxy) is 2. The summed E-state index contributed by atoms with van der Waals surface area (Å²) in [5.41, 5.74) is 1.53. The van der Waals surface area contributed by atoms with Gasteiger partial charge in [-0.2, -0.15) is 0 Å². The van der Waals surface area contributed by atoms with Gasteiger partial charge in [0, 0.05) is 23.2 Å². The third kappa shape index (κ3) is 5.01. The van der Waals surface area contributed by atoms with Crippen LogP contribution in [0.15, 0.2) is 30.3 Å². The van der Waals surface area contributed by atoms with Gasteiger partial charge in [0.25, 0.3) is 11.8 Å². The SMILES string of the molecule is COCCNC(=O)c1c(NC(=O)COC(=O)c2cc3ccccc3s2)sc2c1CCCC2. The highest BCUT2D eigenvalue weighted by molar-refractivity contribution is 7.20. The number of nitrogens with one attached hydrogen (secondary N) is 2. The standard InChI is InChI=1S/C23H24N2O5S2/c1-29-11-10-24-21(27)20-15-7-3-5-9-17(15)32-22(20)25-19(26)13-30-23(28)18-12-14-6-2-4-8-16(14)31-18/h2,4,6,8,12H,3,5,7,9-11,13H2,1H3,(H,24,27)(H,25,26). The smallest absolute Gasteiger partial charge is 0.348 e. The molecule has 168 valence electrons. The van der Waals surface area contributed by atoms with Crippen molar-refractivity contribution >= 4 is 55.5 Å². The van der Waals surface area contributed by atoms with Crippen molar-refractivity contribution < 1.29 is 23.9 Å². The number of anilines is 1. The van der Waals surface area contributed by atoms with E-state index in [0.717, 1.165) is 46.2 Å². The van der Waals surface area contributed by atoms with Crippen LogP contribution in [0.4, 0.5) is 5.00 Å². The molecule has 0 bridgehead atoms. The molecule has 0 saturated carbocycles. The fourth-order valence-corrected chi connectivity index (χ4v) is 5.96. The van der Waals surface area contributed by atoms with Crippen LogP contribution < -0.4 is 10.6 Å². The van der Waals surface area contributed by atoms with Gasteiger partial charge in [-0.3, -0.25) is 9.59 Å². The second-order valence-electron chi connectivity index (χ2n) is 7.44. The summed E-state index contributed by atoms with van der Waals surface area (Å²) in [5, 5.41) is 7.10. The minimum atomic E-state index is -0.538. The monoisotopic (exact) mass is 472 g/mol. The molecule has 2 aromatic heterocycles. The Morgan fingerprint density at radius 3 is 2.72 bits per heavy atom.